The van der Waals surface area contributed by atoms with E-state index in [2.05, 4.69) is 4.98 Å². The number of hydrogen-bond acceptors (Lipinski definition) is 6. The summed E-state index contributed by atoms with van der Waals surface area (Å²) in [5, 5.41) is 11.0. The normalized spacial score (nSPS) is 17.7. The van der Waals surface area contributed by atoms with E-state index in [1.165, 1.54) is 18.3 Å². The van der Waals surface area contributed by atoms with Crippen LogP contribution in [0.3, 0.4) is 0 Å². The molecule has 2 rings (SSSR count). The summed E-state index contributed by atoms with van der Waals surface area (Å²) in [5.41, 5.74) is -0.652. The number of ether oxygens (including phenoxy) is 2. The second-order valence-electron chi connectivity index (χ2n) is 7.40. The molecule has 0 radical (unpaired) electrons. The lowest BCUT2D eigenvalue weighted by atomic mass is 9.98. The van der Waals surface area contributed by atoms with Crippen LogP contribution in [0.25, 0.3) is 0 Å². The molecular formula is C18H27N3O5. The van der Waals surface area contributed by atoms with Crippen molar-refractivity contribution in [2.45, 2.75) is 64.5 Å². The van der Waals surface area contributed by atoms with Crippen LogP contribution in [0.5, 0.6) is 5.88 Å². The van der Waals surface area contributed by atoms with Crippen LogP contribution in [-0.4, -0.2) is 45.7 Å². The number of piperidine rings is 1. The number of aromatic nitrogens is 1. The Bertz CT molecular complexity index is 629. The minimum absolute atomic E-state index is 0.0325. The van der Waals surface area contributed by atoms with Gasteiger partial charge in [-0.1, -0.05) is 0 Å². The summed E-state index contributed by atoms with van der Waals surface area (Å²) >= 11 is 0. The van der Waals surface area contributed by atoms with Crippen molar-refractivity contribution in [2.75, 3.05) is 13.2 Å². The molecular weight excluding hydrogens is 338 g/mol. The van der Waals surface area contributed by atoms with Gasteiger partial charge in [-0.2, -0.15) is 0 Å². The van der Waals surface area contributed by atoms with Crippen LogP contribution in [0, 0.1) is 10.1 Å². The maximum absolute atomic E-state index is 12.4. The molecule has 1 aromatic rings. The average Bonchev–Trinajstić information content (AvgIpc) is 2.57. The van der Waals surface area contributed by atoms with Crippen LogP contribution >= 0.6 is 0 Å². The fraction of sp³-hybridized carbons (Fsp3) is 0.667. The van der Waals surface area contributed by atoms with Crippen LogP contribution in [0.4, 0.5) is 10.5 Å². The number of likely N-dealkylation sites (tertiary alicyclic amines) is 1. The highest BCUT2D eigenvalue weighted by Crippen LogP contribution is 2.25. The molecule has 144 valence electrons. The van der Waals surface area contributed by atoms with Crippen LogP contribution in [-0.2, 0) is 4.74 Å². The molecule has 0 spiro atoms. The SMILES string of the molecule is CC(C)(C)OC(=O)N1CCCC[C@@H]1CCCOc1ncccc1[N+](=O)[O-]. The lowest BCUT2D eigenvalue weighted by Gasteiger charge is -2.36. The molecule has 26 heavy (non-hydrogen) atoms. The predicted octanol–water partition coefficient (Wildman–Crippen LogP) is 3.94. The van der Waals surface area contributed by atoms with Crippen molar-refractivity contribution in [2.24, 2.45) is 0 Å². The third kappa shape index (κ3) is 5.86. The van der Waals surface area contributed by atoms with Crippen molar-refractivity contribution in [1.29, 1.82) is 0 Å². The first-order valence-corrected chi connectivity index (χ1v) is 9.00. The van der Waals surface area contributed by atoms with E-state index in [1.807, 2.05) is 20.8 Å². The molecule has 1 aromatic heterocycles. The molecule has 8 heteroatoms. The largest absolute Gasteiger partial charge is 0.473 e. The Kier molecular flexibility index (Phi) is 6.76. The van der Waals surface area contributed by atoms with Gasteiger partial charge in [-0.25, -0.2) is 9.78 Å². The van der Waals surface area contributed by atoms with Gasteiger partial charge in [0.15, 0.2) is 0 Å². The minimum atomic E-state index is -0.514. The lowest BCUT2D eigenvalue weighted by molar-refractivity contribution is -0.386. The van der Waals surface area contributed by atoms with Gasteiger partial charge >= 0.3 is 11.8 Å². The first-order chi connectivity index (χ1) is 12.3. The molecule has 1 fully saturated rings. The molecule has 0 bridgehead atoms. The van der Waals surface area contributed by atoms with Gasteiger partial charge in [-0.05, 0) is 58.9 Å². The smallest absolute Gasteiger partial charge is 0.410 e. The molecule has 0 unspecified atom stereocenters. The maximum atomic E-state index is 12.4. The Morgan fingerprint density at radius 2 is 2.19 bits per heavy atom. The highest BCUT2D eigenvalue weighted by Gasteiger charge is 2.30. The Balaban J connectivity index is 1.85. The summed E-state index contributed by atoms with van der Waals surface area (Å²) in [6.45, 7) is 6.59. The summed E-state index contributed by atoms with van der Waals surface area (Å²) in [7, 11) is 0. The van der Waals surface area contributed by atoms with Gasteiger partial charge in [0.05, 0.1) is 11.5 Å². The van der Waals surface area contributed by atoms with Crippen molar-refractivity contribution < 1.29 is 19.2 Å². The summed E-state index contributed by atoms with van der Waals surface area (Å²) in [6.07, 6.45) is 5.63. The number of hydrogen-bond donors (Lipinski definition) is 0. The molecule has 0 aliphatic carbocycles. The molecule has 1 aliphatic heterocycles. The number of amides is 1. The van der Waals surface area contributed by atoms with Crippen molar-refractivity contribution in [3.05, 3.63) is 28.4 Å². The van der Waals surface area contributed by atoms with Gasteiger partial charge in [0.25, 0.3) is 5.88 Å². The van der Waals surface area contributed by atoms with Gasteiger partial charge in [0, 0.05) is 24.8 Å². The zero-order chi connectivity index (χ0) is 19.2. The number of pyridine rings is 1. The van der Waals surface area contributed by atoms with E-state index >= 15 is 0 Å². The van der Waals surface area contributed by atoms with Crippen LogP contribution < -0.4 is 4.74 Å². The van der Waals surface area contributed by atoms with Gasteiger partial charge in [-0.3, -0.25) is 10.1 Å². The number of rotatable bonds is 6. The summed E-state index contributed by atoms with van der Waals surface area (Å²) in [4.78, 5) is 28.6. The number of carbonyl (C=O) groups is 1. The van der Waals surface area contributed by atoms with E-state index in [-0.39, 0.29) is 23.7 Å². The first kappa shape index (κ1) is 19.9. The average molecular weight is 365 g/mol. The van der Waals surface area contributed by atoms with Gasteiger partial charge < -0.3 is 14.4 Å². The number of nitrogens with zero attached hydrogens (tertiary/aromatic N) is 3. The van der Waals surface area contributed by atoms with E-state index in [9.17, 15) is 14.9 Å². The maximum Gasteiger partial charge on any atom is 0.410 e. The van der Waals surface area contributed by atoms with Crippen molar-refractivity contribution >= 4 is 11.8 Å². The molecule has 8 nitrogen and oxygen atoms in total. The van der Waals surface area contributed by atoms with E-state index in [0.717, 1.165) is 25.7 Å². The zero-order valence-electron chi connectivity index (χ0n) is 15.6. The van der Waals surface area contributed by atoms with Crippen LogP contribution in [0.15, 0.2) is 18.3 Å². The van der Waals surface area contributed by atoms with E-state index in [4.69, 9.17) is 9.47 Å². The monoisotopic (exact) mass is 365 g/mol. The van der Waals surface area contributed by atoms with Gasteiger partial charge in [0.1, 0.15) is 5.60 Å². The molecule has 2 heterocycles. The predicted molar refractivity (Wildman–Crippen MR) is 96.2 cm³/mol. The lowest BCUT2D eigenvalue weighted by Crippen LogP contribution is -2.46. The fourth-order valence-electron chi connectivity index (χ4n) is 2.98. The second kappa shape index (κ2) is 8.82. The Hall–Kier alpha value is -2.38. The van der Waals surface area contributed by atoms with Crippen molar-refractivity contribution in [1.82, 2.24) is 9.88 Å². The van der Waals surface area contributed by atoms with Crippen molar-refractivity contribution in [3.8, 4) is 5.88 Å². The molecule has 0 aromatic carbocycles. The highest BCUT2D eigenvalue weighted by atomic mass is 16.6. The Morgan fingerprint density at radius 1 is 1.42 bits per heavy atom. The molecule has 1 amide bonds. The Morgan fingerprint density at radius 3 is 2.88 bits per heavy atom. The summed E-state index contributed by atoms with van der Waals surface area (Å²) < 4.78 is 11.0. The summed E-state index contributed by atoms with van der Waals surface area (Å²) in [5.74, 6) is 0.0325. The fourth-order valence-corrected chi connectivity index (χ4v) is 2.98. The first-order valence-electron chi connectivity index (χ1n) is 9.00. The molecule has 1 atom stereocenters. The third-order valence-corrected chi connectivity index (χ3v) is 4.12. The number of nitro groups is 1. The van der Waals surface area contributed by atoms with E-state index in [1.54, 1.807) is 4.90 Å². The van der Waals surface area contributed by atoms with E-state index < -0.39 is 10.5 Å². The molecule has 1 saturated heterocycles. The molecule has 0 saturated carbocycles. The van der Waals surface area contributed by atoms with Crippen molar-refractivity contribution in [3.63, 3.8) is 0 Å². The van der Waals surface area contributed by atoms with Gasteiger partial charge in [-0.15, -0.1) is 0 Å². The van der Waals surface area contributed by atoms with Crippen LogP contribution in [0.2, 0.25) is 0 Å². The van der Waals surface area contributed by atoms with E-state index in [0.29, 0.717) is 19.6 Å². The van der Waals surface area contributed by atoms with Gasteiger partial charge in [0.2, 0.25) is 0 Å². The molecule has 0 N–H and O–H groups in total. The zero-order valence-corrected chi connectivity index (χ0v) is 15.6. The second-order valence-corrected chi connectivity index (χ2v) is 7.40. The van der Waals surface area contributed by atoms with Crippen LogP contribution in [0.1, 0.15) is 52.9 Å². The minimum Gasteiger partial charge on any atom is -0.473 e. The standard InChI is InChI=1S/C18H27N3O5/c1-18(2,3)26-17(22)20-12-5-4-8-14(20)9-7-13-25-16-15(21(23)24)10-6-11-19-16/h6,10-11,14H,4-5,7-9,12-13H2,1-3H3/t14-/m1/s1. The quantitative estimate of drug-likeness (QED) is 0.430. The number of carbonyl (C=O) groups excluding carboxylic acids is 1. The Labute approximate surface area is 153 Å². The highest BCUT2D eigenvalue weighted by molar-refractivity contribution is 5.68. The molecule has 1 aliphatic rings. The third-order valence-electron chi connectivity index (χ3n) is 4.12. The summed E-state index contributed by atoms with van der Waals surface area (Å²) in [6, 6.07) is 2.99. The topological polar surface area (TPSA) is 94.8 Å².